The summed E-state index contributed by atoms with van der Waals surface area (Å²) in [6.07, 6.45) is 4.15. The quantitative estimate of drug-likeness (QED) is 0.451. The van der Waals surface area contributed by atoms with Crippen molar-refractivity contribution in [2.24, 2.45) is 0 Å². The van der Waals surface area contributed by atoms with Crippen molar-refractivity contribution in [3.63, 3.8) is 0 Å². The Balaban J connectivity index is 1.47. The van der Waals surface area contributed by atoms with Gasteiger partial charge in [-0.1, -0.05) is 0 Å². The van der Waals surface area contributed by atoms with E-state index < -0.39 is 0 Å². The molecule has 7 nitrogen and oxygen atoms in total. The second kappa shape index (κ2) is 8.69. The molecule has 0 aliphatic carbocycles. The lowest BCUT2D eigenvalue weighted by Gasteiger charge is -2.24. The second-order valence-electron chi connectivity index (χ2n) is 8.56. The maximum Gasteiger partial charge on any atom is 0.254 e. The van der Waals surface area contributed by atoms with Gasteiger partial charge in [-0.15, -0.1) is 0 Å². The van der Waals surface area contributed by atoms with E-state index in [1.54, 1.807) is 36.7 Å². The first-order valence-electron chi connectivity index (χ1n) is 11.2. The first-order chi connectivity index (χ1) is 16.0. The van der Waals surface area contributed by atoms with Crippen LogP contribution in [0.4, 0.5) is 10.1 Å². The van der Waals surface area contributed by atoms with Gasteiger partial charge in [-0.3, -0.25) is 4.79 Å². The summed E-state index contributed by atoms with van der Waals surface area (Å²) in [5.74, 6) is 0.321. The SMILES string of the molecule is CC(C)n1ncc2c(C(=O)N3CCCN(c4ccc(F)cc4)CC3)cc(-c3ccco3)nc21. The predicted octanol–water partition coefficient (Wildman–Crippen LogP) is 4.76. The highest BCUT2D eigenvalue weighted by Gasteiger charge is 2.25. The standard InChI is InChI=1S/C25H26FN5O2/c1-17(2)31-24-21(16-27-31)20(15-22(28-24)23-5-3-14-33-23)25(32)30-11-4-10-29(12-13-30)19-8-6-18(26)7-9-19/h3,5-9,14-17H,4,10-13H2,1-2H3. The van der Waals surface area contributed by atoms with Gasteiger partial charge in [0.1, 0.15) is 11.5 Å². The molecule has 0 unspecified atom stereocenters. The molecule has 8 heteroatoms. The lowest BCUT2D eigenvalue weighted by molar-refractivity contribution is 0.0769. The van der Waals surface area contributed by atoms with E-state index in [0.717, 1.165) is 24.0 Å². The molecule has 0 bridgehead atoms. The Labute approximate surface area is 191 Å². The smallest absolute Gasteiger partial charge is 0.254 e. The first-order valence-corrected chi connectivity index (χ1v) is 11.2. The van der Waals surface area contributed by atoms with E-state index in [2.05, 4.69) is 10.00 Å². The van der Waals surface area contributed by atoms with Crippen molar-refractivity contribution >= 4 is 22.6 Å². The topological polar surface area (TPSA) is 67.4 Å². The lowest BCUT2D eigenvalue weighted by Crippen LogP contribution is -2.35. The molecule has 0 N–H and O–H groups in total. The van der Waals surface area contributed by atoms with Gasteiger partial charge in [0, 0.05) is 37.9 Å². The number of furan rings is 1. The van der Waals surface area contributed by atoms with Crippen LogP contribution in [-0.2, 0) is 0 Å². The van der Waals surface area contributed by atoms with Crippen molar-refractivity contribution in [2.75, 3.05) is 31.1 Å². The summed E-state index contributed by atoms with van der Waals surface area (Å²) in [6.45, 7) is 6.79. The number of hydrogen-bond acceptors (Lipinski definition) is 5. The van der Waals surface area contributed by atoms with Gasteiger partial charge in [0.2, 0.25) is 0 Å². The minimum Gasteiger partial charge on any atom is -0.463 e. The maximum absolute atomic E-state index is 13.7. The summed E-state index contributed by atoms with van der Waals surface area (Å²) in [6, 6.07) is 12.1. The van der Waals surface area contributed by atoms with E-state index in [9.17, 15) is 9.18 Å². The molecule has 5 rings (SSSR count). The summed E-state index contributed by atoms with van der Waals surface area (Å²) in [5, 5.41) is 5.24. The van der Waals surface area contributed by atoms with E-state index in [1.807, 2.05) is 29.5 Å². The zero-order valence-corrected chi connectivity index (χ0v) is 18.7. The normalized spacial score (nSPS) is 14.8. The van der Waals surface area contributed by atoms with Gasteiger partial charge in [0.15, 0.2) is 11.4 Å². The first kappa shape index (κ1) is 21.2. The number of anilines is 1. The number of benzene rings is 1. The van der Waals surface area contributed by atoms with Gasteiger partial charge in [0.25, 0.3) is 5.91 Å². The molecule has 4 heterocycles. The van der Waals surface area contributed by atoms with E-state index >= 15 is 0 Å². The third-order valence-corrected chi connectivity index (χ3v) is 6.03. The van der Waals surface area contributed by atoms with Crippen molar-refractivity contribution in [1.29, 1.82) is 0 Å². The van der Waals surface area contributed by atoms with Crippen LogP contribution in [0.1, 0.15) is 36.7 Å². The van der Waals surface area contributed by atoms with Crippen LogP contribution in [0.3, 0.4) is 0 Å². The summed E-state index contributed by atoms with van der Waals surface area (Å²) in [7, 11) is 0. The number of aromatic nitrogens is 3. The van der Waals surface area contributed by atoms with E-state index in [4.69, 9.17) is 9.40 Å². The van der Waals surface area contributed by atoms with Crippen LogP contribution in [0.5, 0.6) is 0 Å². The molecular formula is C25H26FN5O2. The number of fused-ring (bicyclic) bond motifs is 1. The number of carbonyl (C=O) groups is 1. The number of hydrogen-bond donors (Lipinski definition) is 0. The Bertz CT molecular complexity index is 1260. The van der Waals surface area contributed by atoms with Gasteiger partial charge >= 0.3 is 0 Å². The fraction of sp³-hybridized carbons (Fsp3) is 0.320. The van der Waals surface area contributed by atoms with E-state index in [1.165, 1.54) is 12.1 Å². The fourth-order valence-electron chi connectivity index (χ4n) is 4.32. The van der Waals surface area contributed by atoms with Crippen LogP contribution in [-0.4, -0.2) is 51.8 Å². The molecule has 1 amide bonds. The Morgan fingerprint density at radius 3 is 2.64 bits per heavy atom. The van der Waals surface area contributed by atoms with Crippen LogP contribution in [0.25, 0.3) is 22.5 Å². The van der Waals surface area contributed by atoms with Gasteiger partial charge in [-0.25, -0.2) is 14.1 Å². The third kappa shape index (κ3) is 4.08. The Kier molecular flexibility index (Phi) is 5.58. The zero-order chi connectivity index (χ0) is 22.9. The summed E-state index contributed by atoms with van der Waals surface area (Å²) in [5.41, 5.74) is 2.83. The van der Waals surface area contributed by atoms with Crippen LogP contribution < -0.4 is 4.90 Å². The van der Waals surface area contributed by atoms with Gasteiger partial charge < -0.3 is 14.2 Å². The second-order valence-corrected chi connectivity index (χ2v) is 8.56. The Morgan fingerprint density at radius 1 is 1.09 bits per heavy atom. The van der Waals surface area contributed by atoms with E-state index in [0.29, 0.717) is 42.3 Å². The van der Waals surface area contributed by atoms with Crippen molar-refractivity contribution in [2.45, 2.75) is 26.3 Å². The molecule has 1 saturated heterocycles. The van der Waals surface area contributed by atoms with Gasteiger partial charge in [-0.05, 0) is 62.7 Å². The molecule has 0 radical (unpaired) electrons. The average Bonchev–Trinajstić information content (AvgIpc) is 3.44. The molecule has 0 saturated carbocycles. The lowest BCUT2D eigenvalue weighted by atomic mass is 10.1. The van der Waals surface area contributed by atoms with Crippen molar-refractivity contribution in [3.8, 4) is 11.5 Å². The van der Waals surface area contributed by atoms with Crippen molar-refractivity contribution in [1.82, 2.24) is 19.7 Å². The number of carbonyl (C=O) groups excluding carboxylic acids is 1. The van der Waals surface area contributed by atoms with Crippen molar-refractivity contribution < 1.29 is 13.6 Å². The van der Waals surface area contributed by atoms with Crippen LogP contribution in [0.15, 0.2) is 59.3 Å². The average molecular weight is 448 g/mol. The minimum absolute atomic E-state index is 0.0422. The van der Waals surface area contributed by atoms with Gasteiger partial charge in [-0.2, -0.15) is 5.10 Å². The molecule has 1 fully saturated rings. The highest BCUT2D eigenvalue weighted by Crippen LogP contribution is 2.28. The molecular weight excluding hydrogens is 421 g/mol. The number of pyridine rings is 1. The number of halogens is 1. The Hall–Kier alpha value is -3.68. The fourth-order valence-corrected chi connectivity index (χ4v) is 4.32. The molecule has 4 aromatic rings. The highest BCUT2D eigenvalue weighted by atomic mass is 19.1. The van der Waals surface area contributed by atoms with Crippen LogP contribution >= 0.6 is 0 Å². The maximum atomic E-state index is 13.7. The number of nitrogens with zero attached hydrogens (tertiary/aromatic N) is 5. The minimum atomic E-state index is -0.249. The number of amides is 1. The molecule has 33 heavy (non-hydrogen) atoms. The summed E-state index contributed by atoms with van der Waals surface area (Å²) in [4.78, 5) is 22.6. The predicted molar refractivity (Wildman–Crippen MR) is 125 cm³/mol. The van der Waals surface area contributed by atoms with Crippen molar-refractivity contribution in [3.05, 3.63) is 66.3 Å². The molecule has 170 valence electrons. The third-order valence-electron chi connectivity index (χ3n) is 6.03. The molecule has 1 aliphatic heterocycles. The zero-order valence-electron chi connectivity index (χ0n) is 18.7. The van der Waals surface area contributed by atoms with Gasteiger partial charge in [0.05, 0.1) is 23.4 Å². The van der Waals surface area contributed by atoms with Crippen LogP contribution in [0, 0.1) is 5.82 Å². The molecule has 3 aromatic heterocycles. The monoisotopic (exact) mass is 447 g/mol. The Morgan fingerprint density at radius 2 is 1.91 bits per heavy atom. The number of rotatable bonds is 4. The molecule has 0 spiro atoms. The molecule has 1 aliphatic rings. The van der Waals surface area contributed by atoms with Crippen LogP contribution in [0.2, 0.25) is 0 Å². The highest BCUT2D eigenvalue weighted by molar-refractivity contribution is 6.06. The summed E-state index contributed by atoms with van der Waals surface area (Å²) >= 11 is 0. The van der Waals surface area contributed by atoms with E-state index in [-0.39, 0.29) is 17.8 Å². The molecule has 0 atom stereocenters. The summed E-state index contributed by atoms with van der Waals surface area (Å²) < 4.78 is 20.7. The largest absolute Gasteiger partial charge is 0.463 e. The molecule has 1 aromatic carbocycles.